The highest BCUT2D eigenvalue weighted by Crippen LogP contribution is 2.13. The fourth-order valence-electron chi connectivity index (χ4n) is 2.33. The zero-order valence-corrected chi connectivity index (χ0v) is 14.4. The summed E-state index contributed by atoms with van der Waals surface area (Å²) in [5.41, 5.74) is 2.32. The number of carbonyl (C=O) groups is 2. The van der Waals surface area contributed by atoms with Crippen LogP contribution in [0, 0.1) is 6.92 Å². The van der Waals surface area contributed by atoms with Gasteiger partial charge in [-0.25, -0.2) is 0 Å². The van der Waals surface area contributed by atoms with Crippen molar-refractivity contribution in [3.8, 4) is 0 Å². The van der Waals surface area contributed by atoms with Crippen LogP contribution in [0.4, 0.5) is 11.5 Å². The molecule has 1 aromatic carbocycles. The van der Waals surface area contributed by atoms with Crippen molar-refractivity contribution in [1.82, 2.24) is 10.1 Å². The van der Waals surface area contributed by atoms with E-state index >= 15 is 0 Å². The van der Waals surface area contributed by atoms with Crippen molar-refractivity contribution in [2.75, 3.05) is 10.6 Å². The van der Waals surface area contributed by atoms with Crippen LogP contribution in [0.5, 0.6) is 0 Å². The van der Waals surface area contributed by atoms with Crippen molar-refractivity contribution >= 4 is 23.3 Å². The zero-order chi connectivity index (χ0) is 18.5. The van der Waals surface area contributed by atoms with E-state index in [0.717, 1.165) is 6.42 Å². The Hall–Kier alpha value is -3.48. The molecule has 2 heterocycles. The van der Waals surface area contributed by atoms with Crippen molar-refractivity contribution in [3.05, 3.63) is 71.2 Å². The van der Waals surface area contributed by atoms with Crippen LogP contribution in [-0.4, -0.2) is 22.0 Å². The zero-order valence-electron chi connectivity index (χ0n) is 14.4. The lowest BCUT2D eigenvalue weighted by Crippen LogP contribution is -2.17. The number of anilines is 2. The van der Waals surface area contributed by atoms with E-state index < -0.39 is 5.91 Å². The lowest BCUT2D eigenvalue weighted by Gasteiger charge is -2.07. The van der Waals surface area contributed by atoms with Gasteiger partial charge in [-0.05, 0) is 43.2 Å². The first-order chi connectivity index (χ1) is 12.5. The van der Waals surface area contributed by atoms with Gasteiger partial charge in [0.1, 0.15) is 11.5 Å². The van der Waals surface area contributed by atoms with E-state index in [-0.39, 0.29) is 11.6 Å². The van der Waals surface area contributed by atoms with Gasteiger partial charge in [-0.2, -0.15) is 0 Å². The smallest absolute Gasteiger partial charge is 0.275 e. The fourth-order valence-corrected chi connectivity index (χ4v) is 2.33. The van der Waals surface area contributed by atoms with Crippen molar-refractivity contribution in [3.63, 3.8) is 0 Å². The molecule has 3 rings (SSSR count). The van der Waals surface area contributed by atoms with E-state index in [1.165, 1.54) is 17.8 Å². The summed E-state index contributed by atoms with van der Waals surface area (Å²) in [7, 11) is 0. The second-order valence-electron chi connectivity index (χ2n) is 5.71. The number of rotatable bonds is 5. The first kappa shape index (κ1) is 17.3. The summed E-state index contributed by atoms with van der Waals surface area (Å²) in [6, 6.07) is 12.2. The molecule has 0 bridgehead atoms. The maximum absolute atomic E-state index is 12.4. The number of aryl methyl sites for hydroxylation is 2. The van der Waals surface area contributed by atoms with Crippen molar-refractivity contribution in [2.24, 2.45) is 0 Å². The summed E-state index contributed by atoms with van der Waals surface area (Å²) in [6.07, 6.45) is 2.35. The lowest BCUT2D eigenvalue weighted by molar-refractivity contribution is 0.102. The molecule has 0 aliphatic carbocycles. The van der Waals surface area contributed by atoms with Crippen molar-refractivity contribution < 1.29 is 14.1 Å². The summed E-state index contributed by atoms with van der Waals surface area (Å²) >= 11 is 0. The number of aromatic nitrogens is 2. The van der Waals surface area contributed by atoms with Crippen LogP contribution in [0.1, 0.15) is 39.1 Å². The predicted octanol–water partition coefficient (Wildman–Crippen LogP) is 3.45. The molecule has 0 spiro atoms. The minimum atomic E-state index is -0.472. The van der Waals surface area contributed by atoms with Crippen LogP contribution in [0.25, 0.3) is 0 Å². The summed E-state index contributed by atoms with van der Waals surface area (Å²) in [5.74, 6) is 0.0823. The van der Waals surface area contributed by atoms with Gasteiger partial charge < -0.3 is 15.2 Å². The van der Waals surface area contributed by atoms with Gasteiger partial charge in [-0.3, -0.25) is 14.6 Å². The second-order valence-corrected chi connectivity index (χ2v) is 5.71. The molecule has 2 aromatic heterocycles. The van der Waals surface area contributed by atoms with E-state index in [1.54, 1.807) is 19.1 Å². The van der Waals surface area contributed by atoms with Gasteiger partial charge in [0.2, 0.25) is 0 Å². The number of nitrogens with one attached hydrogen (secondary N) is 2. The van der Waals surface area contributed by atoms with Crippen LogP contribution in [0.15, 0.2) is 53.2 Å². The molecule has 132 valence electrons. The molecule has 0 atom stereocenters. The molecule has 0 unspecified atom stereocenters. The Labute approximate surface area is 150 Å². The Kier molecular flexibility index (Phi) is 5.07. The highest BCUT2D eigenvalue weighted by Gasteiger charge is 2.14. The number of nitrogens with zero attached hydrogens (tertiary/aromatic N) is 2. The third kappa shape index (κ3) is 4.13. The molecule has 0 fully saturated rings. The van der Waals surface area contributed by atoms with E-state index in [1.807, 2.05) is 24.3 Å². The number of benzene rings is 1. The first-order valence-corrected chi connectivity index (χ1v) is 8.16. The Morgan fingerprint density at radius 2 is 1.81 bits per heavy atom. The quantitative estimate of drug-likeness (QED) is 0.734. The number of amides is 2. The van der Waals surface area contributed by atoms with Crippen LogP contribution < -0.4 is 10.6 Å². The van der Waals surface area contributed by atoms with Gasteiger partial charge in [0, 0.05) is 23.5 Å². The molecule has 0 radical (unpaired) electrons. The SMILES string of the molecule is CCc1ccc(NC(=O)c2ccnc(C(=O)Nc3cc(C)on3)c2)cc1. The minimum Gasteiger partial charge on any atom is -0.360 e. The van der Waals surface area contributed by atoms with E-state index in [4.69, 9.17) is 4.52 Å². The number of pyridine rings is 1. The van der Waals surface area contributed by atoms with Crippen molar-refractivity contribution in [1.29, 1.82) is 0 Å². The molecule has 3 aromatic rings. The molecule has 7 nitrogen and oxygen atoms in total. The van der Waals surface area contributed by atoms with Gasteiger partial charge >= 0.3 is 0 Å². The molecule has 2 amide bonds. The monoisotopic (exact) mass is 350 g/mol. The summed E-state index contributed by atoms with van der Waals surface area (Å²) in [4.78, 5) is 28.7. The van der Waals surface area contributed by atoms with Crippen LogP contribution in [0.3, 0.4) is 0 Å². The van der Waals surface area contributed by atoms with E-state index in [0.29, 0.717) is 22.8 Å². The molecular weight excluding hydrogens is 332 g/mol. The predicted molar refractivity (Wildman–Crippen MR) is 97.2 cm³/mol. The standard InChI is InChI=1S/C19H18N4O3/c1-3-13-4-6-15(7-5-13)21-18(24)14-8-9-20-16(11-14)19(25)22-17-10-12(2)26-23-17/h4-11H,3H2,1-2H3,(H,21,24)(H,22,23,25). The van der Waals surface area contributed by atoms with Crippen LogP contribution >= 0.6 is 0 Å². The Bertz CT molecular complexity index is 932. The molecule has 0 aliphatic rings. The third-order valence-electron chi connectivity index (χ3n) is 3.74. The van der Waals surface area contributed by atoms with Gasteiger partial charge in [0.25, 0.3) is 11.8 Å². The Morgan fingerprint density at radius 1 is 1.04 bits per heavy atom. The largest absolute Gasteiger partial charge is 0.360 e. The number of carbonyl (C=O) groups excluding carboxylic acids is 2. The van der Waals surface area contributed by atoms with E-state index in [2.05, 4.69) is 27.7 Å². The van der Waals surface area contributed by atoms with Crippen molar-refractivity contribution in [2.45, 2.75) is 20.3 Å². The minimum absolute atomic E-state index is 0.111. The maximum atomic E-state index is 12.4. The van der Waals surface area contributed by atoms with E-state index in [9.17, 15) is 9.59 Å². The molecule has 0 saturated carbocycles. The molecule has 26 heavy (non-hydrogen) atoms. The lowest BCUT2D eigenvalue weighted by atomic mass is 10.1. The topological polar surface area (TPSA) is 97.1 Å². The number of hydrogen-bond acceptors (Lipinski definition) is 5. The number of hydrogen-bond donors (Lipinski definition) is 2. The highest BCUT2D eigenvalue weighted by molar-refractivity contribution is 6.07. The Balaban J connectivity index is 1.71. The first-order valence-electron chi connectivity index (χ1n) is 8.16. The van der Waals surface area contributed by atoms with Gasteiger partial charge in [0.05, 0.1) is 0 Å². The maximum Gasteiger partial charge on any atom is 0.275 e. The molecule has 0 aliphatic heterocycles. The summed E-state index contributed by atoms with van der Waals surface area (Å²) in [5, 5.41) is 9.07. The molecule has 0 saturated heterocycles. The second kappa shape index (κ2) is 7.60. The van der Waals surface area contributed by atoms with Crippen LogP contribution in [-0.2, 0) is 6.42 Å². The molecule has 7 heteroatoms. The molecular formula is C19H18N4O3. The summed E-state index contributed by atoms with van der Waals surface area (Å²) in [6.45, 7) is 3.79. The Morgan fingerprint density at radius 3 is 2.46 bits per heavy atom. The van der Waals surface area contributed by atoms with Crippen LogP contribution in [0.2, 0.25) is 0 Å². The highest BCUT2D eigenvalue weighted by atomic mass is 16.5. The molecule has 2 N–H and O–H groups in total. The van der Waals surface area contributed by atoms with Gasteiger partial charge in [-0.15, -0.1) is 0 Å². The van der Waals surface area contributed by atoms with Gasteiger partial charge in [0.15, 0.2) is 5.82 Å². The van der Waals surface area contributed by atoms with Gasteiger partial charge in [-0.1, -0.05) is 24.2 Å². The summed E-state index contributed by atoms with van der Waals surface area (Å²) < 4.78 is 4.90. The average Bonchev–Trinajstić information content (AvgIpc) is 3.07. The average molecular weight is 350 g/mol. The normalized spacial score (nSPS) is 10.4. The fraction of sp³-hybridized carbons (Fsp3) is 0.158. The third-order valence-corrected chi connectivity index (χ3v) is 3.74.